The fraction of sp³-hybridized carbons (Fsp3) is 0.286. The molecule has 11 heteroatoms. The van der Waals surface area contributed by atoms with Crippen molar-refractivity contribution in [2.75, 3.05) is 0 Å². The first-order valence-corrected chi connectivity index (χ1v) is 3.55. The molecule has 0 unspecified atom stereocenters. The second kappa shape index (κ2) is 6.02. The van der Waals surface area contributed by atoms with Gasteiger partial charge in [-0.2, -0.15) is 26.3 Å². The van der Waals surface area contributed by atoms with Crippen LogP contribution in [0.3, 0.4) is 0 Å². The fourth-order valence-electron chi connectivity index (χ4n) is 0.391. The van der Waals surface area contributed by atoms with Crippen LogP contribution in [0.25, 0.3) is 0 Å². The zero-order valence-electron chi connectivity index (χ0n) is 8.09. The van der Waals surface area contributed by atoms with Crippen molar-refractivity contribution in [1.82, 2.24) is 0 Å². The van der Waals surface area contributed by atoms with Gasteiger partial charge in [0.05, 0.1) is 0 Å². The predicted octanol–water partition coefficient (Wildman–Crippen LogP) is 1.39. The second-order valence-corrected chi connectivity index (χ2v) is 2.43. The number of rotatable bonds is 4. The van der Waals surface area contributed by atoms with E-state index < -0.39 is 35.6 Å². The number of aliphatic carboxylic acids is 2. The summed E-state index contributed by atoms with van der Waals surface area (Å²) in [7, 11) is 0. The van der Waals surface area contributed by atoms with Gasteiger partial charge in [-0.05, 0) is 6.58 Å². The van der Waals surface area contributed by atoms with Gasteiger partial charge in [0.15, 0.2) is 0 Å². The van der Waals surface area contributed by atoms with Gasteiger partial charge in [-0.15, -0.1) is 0 Å². The molecule has 2 N–H and O–H groups in total. The highest BCUT2D eigenvalue weighted by molar-refractivity contribution is 6.16. The number of hydrogen-bond acceptors (Lipinski definition) is 3. The lowest BCUT2D eigenvalue weighted by Gasteiger charge is -2.14. The lowest BCUT2D eigenvalue weighted by atomic mass is 10.1. The number of carbonyl (C=O) groups excluding carboxylic acids is 1. The topological polar surface area (TPSA) is 91.7 Å². The molecule has 0 bridgehead atoms. The van der Waals surface area contributed by atoms with Crippen molar-refractivity contribution in [3.8, 4) is 0 Å². The van der Waals surface area contributed by atoms with Crippen LogP contribution in [0, 0.1) is 0 Å². The van der Waals surface area contributed by atoms with Crippen molar-refractivity contribution in [2.45, 2.75) is 11.8 Å². The molecule has 0 radical (unpaired) electrons. The summed E-state index contributed by atoms with van der Waals surface area (Å²) in [4.78, 5) is 29.4. The van der Waals surface area contributed by atoms with E-state index in [-0.39, 0.29) is 0 Å². The molecular weight excluding hydrogens is 278 g/mol. The number of alkyl halides is 4. The Labute approximate surface area is 94.3 Å². The molecule has 0 atom stereocenters. The van der Waals surface area contributed by atoms with Gasteiger partial charge in [0.25, 0.3) is 11.9 Å². The summed E-state index contributed by atoms with van der Waals surface area (Å²) < 4.78 is 68.7. The molecule has 0 aliphatic rings. The van der Waals surface area contributed by atoms with Crippen molar-refractivity contribution in [2.24, 2.45) is 0 Å². The van der Waals surface area contributed by atoms with E-state index in [1.165, 1.54) is 0 Å². The summed E-state index contributed by atoms with van der Waals surface area (Å²) in [5.41, 5.74) is 0. The van der Waals surface area contributed by atoms with Crippen molar-refractivity contribution in [1.29, 1.82) is 0 Å². The number of Topliss-reactive ketones (excluding diaryl/α,β-unsaturated/α-hetero) is 1. The Kier molecular flexibility index (Phi) is 6.12. The zero-order valence-corrected chi connectivity index (χ0v) is 8.09. The number of hydrogen-bond donors (Lipinski definition) is 2. The van der Waals surface area contributed by atoms with E-state index >= 15 is 0 Å². The van der Waals surface area contributed by atoms with Gasteiger partial charge >= 0.3 is 23.8 Å². The van der Waals surface area contributed by atoms with Crippen molar-refractivity contribution in [3.63, 3.8) is 0 Å². The molecular formula is C7H4F6O5. The Morgan fingerprint density at radius 1 is 0.833 bits per heavy atom. The minimum atomic E-state index is -5.43. The quantitative estimate of drug-likeness (QED) is 0.600. The Morgan fingerprint density at radius 3 is 1.11 bits per heavy atom. The molecule has 104 valence electrons. The Bertz CT molecular complexity index is 345. The van der Waals surface area contributed by atoms with Gasteiger partial charge in [-0.1, -0.05) is 0 Å². The van der Waals surface area contributed by atoms with Crippen LogP contribution in [0.4, 0.5) is 26.3 Å². The largest absolute Gasteiger partial charge is 0.476 e. The standard InChI is InChI=1S/C5H2F4O5.C2H2F2/c6-4(7,2(11)12)1(10)5(8,9)3(13)14;1-2(3)4/h(H,11,12)(H,13,14);1H2. The third kappa shape index (κ3) is 4.84. The predicted molar refractivity (Wildman–Crippen MR) is 41.5 cm³/mol. The molecule has 0 amide bonds. The van der Waals surface area contributed by atoms with Crippen LogP contribution in [-0.4, -0.2) is 39.8 Å². The van der Waals surface area contributed by atoms with Crippen molar-refractivity contribution in [3.05, 3.63) is 12.7 Å². The summed E-state index contributed by atoms with van der Waals surface area (Å²) in [6.45, 7) is 2.22. The molecule has 0 spiro atoms. The molecule has 0 fully saturated rings. The van der Waals surface area contributed by atoms with Crippen LogP contribution in [0.15, 0.2) is 12.7 Å². The maximum absolute atomic E-state index is 12.1. The normalized spacial score (nSPS) is 11.0. The lowest BCUT2D eigenvalue weighted by Crippen LogP contribution is -2.51. The first-order chi connectivity index (χ1) is 7.77. The van der Waals surface area contributed by atoms with Crippen molar-refractivity contribution < 1.29 is 50.9 Å². The monoisotopic (exact) mass is 282 g/mol. The average molecular weight is 282 g/mol. The summed E-state index contributed by atoms with van der Waals surface area (Å²) in [5.74, 6) is -20.6. The van der Waals surface area contributed by atoms with E-state index in [4.69, 9.17) is 10.2 Å². The van der Waals surface area contributed by atoms with Crippen LogP contribution in [0.2, 0.25) is 0 Å². The van der Waals surface area contributed by atoms with E-state index in [0.717, 1.165) is 0 Å². The highest BCUT2D eigenvalue weighted by Gasteiger charge is 2.63. The molecule has 0 saturated heterocycles. The number of carboxylic acids is 2. The molecule has 18 heavy (non-hydrogen) atoms. The highest BCUT2D eigenvalue weighted by atomic mass is 19.3. The highest BCUT2D eigenvalue weighted by Crippen LogP contribution is 2.27. The first-order valence-electron chi connectivity index (χ1n) is 3.55. The van der Waals surface area contributed by atoms with E-state index in [1.807, 2.05) is 0 Å². The summed E-state index contributed by atoms with van der Waals surface area (Å²) >= 11 is 0. The van der Waals surface area contributed by atoms with Crippen LogP contribution >= 0.6 is 0 Å². The molecule has 0 aliphatic heterocycles. The molecule has 0 aromatic heterocycles. The minimum absolute atomic E-state index is 1.83. The van der Waals surface area contributed by atoms with Gasteiger partial charge in [0.1, 0.15) is 0 Å². The maximum Gasteiger partial charge on any atom is 0.406 e. The van der Waals surface area contributed by atoms with E-state index in [0.29, 0.717) is 0 Å². The minimum Gasteiger partial charge on any atom is -0.476 e. The molecule has 0 saturated carbocycles. The Hall–Kier alpha value is -2.07. The Balaban J connectivity index is 0. The number of carboxylic acid groups (broad SMARTS) is 2. The molecule has 0 rings (SSSR count). The molecule has 0 heterocycles. The van der Waals surface area contributed by atoms with Gasteiger partial charge in [0, 0.05) is 0 Å². The van der Waals surface area contributed by atoms with Crippen LogP contribution in [0.1, 0.15) is 0 Å². The van der Waals surface area contributed by atoms with Crippen LogP contribution in [-0.2, 0) is 14.4 Å². The van der Waals surface area contributed by atoms with Gasteiger partial charge in [-0.25, -0.2) is 9.59 Å². The number of halogens is 6. The third-order valence-electron chi connectivity index (χ3n) is 1.11. The Morgan fingerprint density at radius 2 is 1.00 bits per heavy atom. The third-order valence-corrected chi connectivity index (χ3v) is 1.11. The van der Waals surface area contributed by atoms with E-state index in [2.05, 4.69) is 6.58 Å². The fourth-order valence-corrected chi connectivity index (χ4v) is 0.391. The van der Waals surface area contributed by atoms with Gasteiger partial charge < -0.3 is 10.2 Å². The summed E-state index contributed by atoms with van der Waals surface area (Å²) in [6.07, 6.45) is -1.83. The van der Waals surface area contributed by atoms with Gasteiger partial charge in [-0.3, -0.25) is 4.79 Å². The summed E-state index contributed by atoms with van der Waals surface area (Å²) in [6, 6.07) is 0. The molecule has 0 aliphatic carbocycles. The number of ketones is 1. The molecule has 0 aromatic carbocycles. The SMILES string of the molecule is C=C(F)F.O=C(O)C(F)(F)C(=O)C(F)(F)C(=O)O. The molecule has 5 nitrogen and oxygen atoms in total. The lowest BCUT2D eigenvalue weighted by molar-refractivity contribution is -0.191. The zero-order chi connectivity index (χ0) is 15.3. The van der Waals surface area contributed by atoms with E-state index in [1.54, 1.807) is 0 Å². The molecule has 0 aromatic rings. The number of carbonyl (C=O) groups is 3. The summed E-state index contributed by atoms with van der Waals surface area (Å²) in [5, 5.41) is 15.3. The smallest absolute Gasteiger partial charge is 0.406 e. The van der Waals surface area contributed by atoms with Crippen molar-refractivity contribution >= 4 is 17.7 Å². The van der Waals surface area contributed by atoms with E-state index in [9.17, 15) is 40.7 Å². The average Bonchev–Trinajstić information content (AvgIpc) is 2.14. The first kappa shape index (κ1) is 18.3. The second-order valence-electron chi connectivity index (χ2n) is 2.43. The van der Waals surface area contributed by atoms with Crippen LogP contribution in [0.5, 0.6) is 0 Å². The van der Waals surface area contributed by atoms with Gasteiger partial charge in [0.2, 0.25) is 0 Å². The van der Waals surface area contributed by atoms with Crippen LogP contribution < -0.4 is 0 Å². The maximum atomic E-state index is 12.1.